The van der Waals surface area contributed by atoms with Crippen molar-refractivity contribution in [1.82, 2.24) is 4.98 Å². The highest BCUT2D eigenvalue weighted by molar-refractivity contribution is 8.04. The monoisotopic (exact) mass is 272 g/mol. The van der Waals surface area contributed by atoms with Crippen molar-refractivity contribution in [2.75, 3.05) is 0 Å². The number of thioether (sulfide) groups is 1. The molecule has 0 aliphatic rings. The zero-order chi connectivity index (χ0) is 10.0. The molecule has 0 saturated carbocycles. The molecule has 0 N–H and O–H groups in total. The highest BCUT2D eigenvalue weighted by Crippen LogP contribution is 2.40. The van der Waals surface area contributed by atoms with Crippen molar-refractivity contribution in [2.24, 2.45) is 0 Å². The van der Waals surface area contributed by atoms with Crippen LogP contribution in [0.2, 0.25) is 20.4 Å². The van der Waals surface area contributed by atoms with Crippen LogP contribution < -0.4 is 0 Å². The van der Waals surface area contributed by atoms with Gasteiger partial charge in [0.1, 0.15) is 5.40 Å². The lowest BCUT2D eigenvalue weighted by Gasteiger charge is -2.04. The second-order valence-corrected chi connectivity index (χ2v) is 4.11. The van der Waals surface area contributed by atoms with Gasteiger partial charge in [-0.05, 0) is 11.8 Å². The van der Waals surface area contributed by atoms with Crippen molar-refractivity contribution in [1.29, 1.82) is 5.26 Å². The van der Waals surface area contributed by atoms with Crippen molar-refractivity contribution in [3.05, 3.63) is 20.4 Å². The van der Waals surface area contributed by atoms with Gasteiger partial charge in [-0.25, -0.2) is 4.98 Å². The SMILES string of the molecule is N#CSc1c(Cl)c(Cl)nc(Cl)c1Cl. The second-order valence-electron chi connectivity index (χ2n) is 1.84. The summed E-state index contributed by atoms with van der Waals surface area (Å²) < 4.78 is 0. The van der Waals surface area contributed by atoms with Gasteiger partial charge in [0.15, 0.2) is 10.3 Å². The quantitative estimate of drug-likeness (QED) is 0.436. The molecule has 0 radical (unpaired) electrons. The summed E-state index contributed by atoms with van der Waals surface area (Å²) in [4.78, 5) is 3.99. The second kappa shape index (κ2) is 4.59. The summed E-state index contributed by atoms with van der Waals surface area (Å²) in [7, 11) is 0. The Hall–Kier alpha value is 0.150. The first-order valence-electron chi connectivity index (χ1n) is 2.83. The van der Waals surface area contributed by atoms with E-state index in [0.717, 1.165) is 11.8 Å². The third-order valence-electron chi connectivity index (χ3n) is 1.10. The van der Waals surface area contributed by atoms with Gasteiger partial charge in [0.05, 0.1) is 14.9 Å². The summed E-state index contributed by atoms with van der Waals surface area (Å²) in [6.45, 7) is 0. The molecule has 0 amide bonds. The van der Waals surface area contributed by atoms with Crippen LogP contribution in [0, 0.1) is 10.7 Å². The number of pyridine rings is 1. The molecule has 1 aromatic rings. The lowest BCUT2D eigenvalue weighted by atomic mass is 10.5. The number of nitriles is 1. The molecule has 13 heavy (non-hydrogen) atoms. The predicted octanol–water partition coefficient (Wildman–Crippen LogP) is 4.27. The molecule has 68 valence electrons. The van der Waals surface area contributed by atoms with Crippen molar-refractivity contribution in [3.63, 3.8) is 0 Å². The lowest BCUT2D eigenvalue weighted by Crippen LogP contribution is -1.84. The van der Waals surface area contributed by atoms with Gasteiger partial charge < -0.3 is 0 Å². The number of thiocyanates is 1. The van der Waals surface area contributed by atoms with Gasteiger partial charge in [-0.15, -0.1) is 0 Å². The molecular weight excluding hydrogens is 274 g/mol. The van der Waals surface area contributed by atoms with Crippen LogP contribution in [0.25, 0.3) is 0 Å². The van der Waals surface area contributed by atoms with E-state index in [9.17, 15) is 0 Å². The molecule has 0 spiro atoms. The number of hydrogen-bond donors (Lipinski definition) is 0. The number of nitrogens with zero attached hydrogens (tertiary/aromatic N) is 2. The Morgan fingerprint density at radius 3 is 1.92 bits per heavy atom. The minimum absolute atomic E-state index is 0.0359. The first-order chi connectivity index (χ1) is 6.07. The third kappa shape index (κ3) is 2.34. The van der Waals surface area contributed by atoms with Crippen LogP contribution in [0.4, 0.5) is 0 Å². The Morgan fingerprint density at radius 2 is 1.54 bits per heavy atom. The largest absolute Gasteiger partial charge is 0.221 e. The minimum Gasteiger partial charge on any atom is -0.221 e. The molecule has 7 heteroatoms. The number of aromatic nitrogens is 1. The minimum atomic E-state index is 0.0359. The van der Waals surface area contributed by atoms with Gasteiger partial charge in [-0.3, -0.25) is 0 Å². The smallest absolute Gasteiger partial charge is 0.150 e. The molecule has 0 unspecified atom stereocenters. The first kappa shape index (κ1) is 11.2. The van der Waals surface area contributed by atoms with E-state index in [1.165, 1.54) is 0 Å². The molecule has 1 rings (SSSR count). The summed E-state index contributed by atoms with van der Waals surface area (Å²) in [6.07, 6.45) is 0. The summed E-state index contributed by atoms with van der Waals surface area (Å²) in [5.41, 5.74) is 0. The number of hydrogen-bond acceptors (Lipinski definition) is 3. The van der Waals surface area contributed by atoms with E-state index in [1.54, 1.807) is 0 Å². The topological polar surface area (TPSA) is 36.7 Å². The molecule has 0 atom stereocenters. The molecule has 0 aliphatic heterocycles. The van der Waals surface area contributed by atoms with Crippen LogP contribution >= 0.6 is 58.2 Å². The molecule has 0 bridgehead atoms. The summed E-state index contributed by atoms with van der Waals surface area (Å²) in [5.74, 6) is 0. The fraction of sp³-hybridized carbons (Fsp3) is 0. The van der Waals surface area contributed by atoms with E-state index in [1.807, 2.05) is 5.40 Å². The first-order valence-corrected chi connectivity index (χ1v) is 5.16. The molecule has 1 heterocycles. The van der Waals surface area contributed by atoms with E-state index < -0.39 is 0 Å². The zero-order valence-electron chi connectivity index (χ0n) is 5.81. The van der Waals surface area contributed by atoms with Crippen LogP contribution in [0.3, 0.4) is 0 Å². The van der Waals surface area contributed by atoms with Crippen LogP contribution in [0.5, 0.6) is 0 Å². The average molecular weight is 274 g/mol. The van der Waals surface area contributed by atoms with Gasteiger partial charge in [-0.2, -0.15) is 5.26 Å². The van der Waals surface area contributed by atoms with Crippen molar-refractivity contribution < 1.29 is 0 Å². The third-order valence-corrected chi connectivity index (χ3v) is 3.51. The van der Waals surface area contributed by atoms with E-state index in [4.69, 9.17) is 51.7 Å². The van der Waals surface area contributed by atoms with Gasteiger partial charge in [-0.1, -0.05) is 46.4 Å². The molecule has 0 aromatic carbocycles. The molecular formula is C6Cl4N2S. The van der Waals surface area contributed by atoms with Gasteiger partial charge in [0.2, 0.25) is 0 Å². The summed E-state index contributed by atoms with van der Waals surface area (Å²) >= 11 is 23.5. The van der Waals surface area contributed by atoms with Crippen LogP contribution in [0.15, 0.2) is 4.90 Å². The maximum Gasteiger partial charge on any atom is 0.150 e. The van der Waals surface area contributed by atoms with Crippen molar-refractivity contribution in [3.8, 4) is 5.40 Å². The Bertz CT molecular complexity index is 361. The number of halogens is 4. The number of rotatable bonds is 1. The van der Waals surface area contributed by atoms with Gasteiger partial charge in [0.25, 0.3) is 0 Å². The predicted molar refractivity (Wildman–Crippen MR) is 55.7 cm³/mol. The zero-order valence-corrected chi connectivity index (χ0v) is 9.65. The molecule has 2 nitrogen and oxygen atoms in total. The van der Waals surface area contributed by atoms with Gasteiger partial charge >= 0.3 is 0 Å². The van der Waals surface area contributed by atoms with Gasteiger partial charge in [0, 0.05) is 0 Å². The Morgan fingerprint density at radius 1 is 1.08 bits per heavy atom. The fourth-order valence-corrected chi connectivity index (χ4v) is 2.13. The van der Waals surface area contributed by atoms with E-state index in [-0.39, 0.29) is 20.4 Å². The Kier molecular flexibility index (Phi) is 3.96. The normalized spacial score (nSPS) is 9.77. The maximum absolute atomic E-state index is 8.44. The van der Waals surface area contributed by atoms with E-state index >= 15 is 0 Å². The highest BCUT2D eigenvalue weighted by Gasteiger charge is 2.15. The Balaban J connectivity index is 3.39. The van der Waals surface area contributed by atoms with Crippen molar-refractivity contribution >= 4 is 58.2 Å². The van der Waals surface area contributed by atoms with Crippen molar-refractivity contribution in [2.45, 2.75) is 4.90 Å². The molecule has 0 aliphatic carbocycles. The lowest BCUT2D eigenvalue weighted by molar-refractivity contribution is 1.26. The average Bonchev–Trinajstić information content (AvgIpc) is 2.09. The van der Waals surface area contributed by atoms with Crippen LogP contribution in [-0.2, 0) is 0 Å². The van der Waals surface area contributed by atoms with Crippen LogP contribution in [-0.4, -0.2) is 4.98 Å². The van der Waals surface area contributed by atoms with Crippen LogP contribution in [0.1, 0.15) is 0 Å². The molecule has 0 saturated heterocycles. The maximum atomic E-state index is 8.44. The van der Waals surface area contributed by atoms with E-state index in [2.05, 4.69) is 4.98 Å². The standard InChI is InChI=1S/C6Cl4N2S/c7-2-4(13-1-11)3(8)6(10)12-5(2)9. The molecule has 0 fully saturated rings. The summed E-state index contributed by atoms with van der Waals surface area (Å²) in [6, 6.07) is 0. The highest BCUT2D eigenvalue weighted by atomic mass is 35.5. The van der Waals surface area contributed by atoms with E-state index in [0.29, 0.717) is 4.90 Å². The Labute approximate surface area is 98.7 Å². The fourth-order valence-electron chi connectivity index (χ4n) is 0.603. The molecule has 1 aromatic heterocycles. The summed E-state index contributed by atoms with van der Waals surface area (Å²) in [5, 5.41) is 10.6.